The molecule has 0 aliphatic heterocycles. The summed E-state index contributed by atoms with van der Waals surface area (Å²) in [5, 5.41) is 6.17. The van der Waals surface area contributed by atoms with E-state index in [2.05, 4.69) is 21.1 Å². The van der Waals surface area contributed by atoms with E-state index in [0.717, 1.165) is 36.4 Å². The van der Waals surface area contributed by atoms with E-state index in [1.807, 2.05) is 18.2 Å². The molecule has 0 saturated carbocycles. The third kappa shape index (κ3) is 5.11. The van der Waals surface area contributed by atoms with Crippen LogP contribution in [-0.4, -0.2) is 22.7 Å². The molecule has 2 aromatic rings. The molecule has 0 spiro atoms. The quantitative estimate of drug-likeness (QED) is 0.593. The minimum Gasteiger partial charge on any atom is -0.395 e. The molecule has 28 heavy (non-hydrogen) atoms. The summed E-state index contributed by atoms with van der Waals surface area (Å²) < 4.78 is 4.07. The lowest BCUT2D eigenvalue weighted by Crippen LogP contribution is -2.26. The molecule has 1 aliphatic rings. The normalized spacial score (nSPS) is 13.7. The molecule has 0 fully saturated rings. The van der Waals surface area contributed by atoms with Crippen LogP contribution in [-0.2, 0) is 6.54 Å². The van der Waals surface area contributed by atoms with Crippen molar-refractivity contribution in [3.63, 3.8) is 0 Å². The maximum absolute atomic E-state index is 12.4. The molecule has 1 heterocycles. The van der Waals surface area contributed by atoms with E-state index in [0.29, 0.717) is 11.6 Å². The van der Waals surface area contributed by atoms with Crippen molar-refractivity contribution in [3.05, 3.63) is 57.1 Å². The summed E-state index contributed by atoms with van der Waals surface area (Å²) in [5.41, 5.74) is 8.37. The first-order valence-corrected chi connectivity index (χ1v) is 10.4. The highest BCUT2D eigenvalue weighted by molar-refractivity contribution is 7.09. The molecular weight excluding hydrogens is 396 g/mol. The van der Waals surface area contributed by atoms with Crippen LogP contribution in [0.25, 0.3) is 0 Å². The van der Waals surface area contributed by atoms with Gasteiger partial charge in [0.05, 0.1) is 5.69 Å². The summed E-state index contributed by atoms with van der Waals surface area (Å²) in [4.78, 5) is 25.0. The highest BCUT2D eigenvalue weighted by Gasteiger charge is 2.22. The van der Waals surface area contributed by atoms with Crippen LogP contribution in [0.5, 0.6) is 0 Å². The first-order valence-electron chi connectivity index (χ1n) is 9.29. The van der Waals surface area contributed by atoms with Crippen LogP contribution in [0.4, 0.5) is 5.69 Å². The summed E-state index contributed by atoms with van der Waals surface area (Å²) in [5.74, 6) is -0.725. The summed E-state index contributed by atoms with van der Waals surface area (Å²) in [6.45, 7) is 0.808. The molecule has 4 N–H and O–H groups in total. The van der Waals surface area contributed by atoms with Crippen molar-refractivity contribution < 1.29 is 9.59 Å². The number of nitrogens with two attached hydrogens (primary N) is 1. The largest absolute Gasteiger partial charge is 0.395 e. The number of halogens is 1. The highest BCUT2D eigenvalue weighted by atomic mass is 35.5. The Morgan fingerprint density at radius 3 is 2.75 bits per heavy atom. The molecule has 0 unspecified atom stereocenters. The lowest BCUT2D eigenvalue weighted by atomic mass is 9.97. The second-order valence-electron chi connectivity index (χ2n) is 6.66. The summed E-state index contributed by atoms with van der Waals surface area (Å²) in [6, 6.07) is 7.25. The Bertz CT molecular complexity index is 894. The Morgan fingerprint density at radius 1 is 1.18 bits per heavy atom. The topological polar surface area (TPSA) is 97.1 Å². The number of aromatic nitrogens is 1. The van der Waals surface area contributed by atoms with Gasteiger partial charge in [0.15, 0.2) is 5.69 Å². The second kappa shape index (κ2) is 9.71. The molecule has 1 aliphatic carbocycles. The maximum atomic E-state index is 12.4. The van der Waals surface area contributed by atoms with Crippen molar-refractivity contribution in [1.82, 2.24) is 15.0 Å². The van der Waals surface area contributed by atoms with Gasteiger partial charge in [-0.3, -0.25) is 9.59 Å². The SMILES string of the molecule is Nc1c(C(=O)NCc2ccccc2Cl)nsc1C(=O)NCCC1=CCCCC1. The fourth-order valence-corrected chi connectivity index (χ4v) is 3.99. The molecule has 1 aromatic heterocycles. The van der Waals surface area contributed by atoms with Gasteiger partial charge >= 0.3 is 0 Å². The van der Waals surface area contributed by atoms with E-state index in [1.54, 1.807) is 6.07 Å². The molecular formula is C20H23ClN4O2S. The number of carbonyl (C=O) groups is 2. The van der Waals surface area contributed by atoms with E-state index in [-0.39, 0.29) is 28.7 Å². The van der Waals surface area contributed by atoms with E-state index in [4.69, 9.17) is 17.3 Å². The van der Waals surface area contributed by atoms with E-state index < -0.39 is 5.91 Å². The zero-order valence-corrected chi connectivity index (χ0v) is 17.0. The van der Waals surface area contributed by atoms with Crippen LogP contribution in [0.1, 0.15) is 57.8 Å². The van der Waals surface area contributed by atoms with Crippen molar-refractivity contribution in [2.24, 2.45) is 0 Å². The number of nitrogens with zero attached hydrogens (tertiary/aromatic N) is 1. The van der Waals surface area contributed by atoms with Crippen molar-refractivity contribution in [2.75, 3.05) is 12.3 Å². The average molecular weight is 419 g/mol. The lowest BCUT2D eigenvalue weighted by Gasteiger charge is -2.12. The molecule has 3 rings (SSSR count). The Morgan fingerprint density at radius 2 is 2.00 bits per heavy atom. The van der Waals surface area contributed by atoms with Crippen LogP contribution in [0.2, 0.25) is 5.02 Å². The molecule has 0 radical (unpaired) electrons. The first kappa shape index (κ1) is 20.4. The fraction of sp³-hybridized carbons (Fsp3) is 0.350. The molecule has 8 heteroatoms. The van der Waals surface area contributed by atoms with Crippen LogP contribution >= 0.6 is 23.1 Å². The molecule has 1 aromatic carbocycles. The number of amides is 2. The number of rotatable bonds is 7. The number of carbonyl (C=O) groups excluding carboxylic acids is 2. The molecule has 0 saturated heterocycles. The van der Waals surface area contributed by atoms with Gasteiger partial charge in [-0.15, -0.1) is 0 Å². The van der Waals surface area contributed by atoms with Crippen LogP contribution in [0, 0.1) is 0 Å². The molecule has 148 valence electrons. The number of nitrogens with one attached hydrogen (secondary N) is 2. The number of anilines is 1. The van der Waals surface area contributed by atoms with Crippen molar-refractivity contribution in [1.29, 1.82) is 0 Å². The smallest absolute Gasteiger partial charge is 0.273 e. The molecule has 6 nitrogen and oxygen atoms in total. The van der Waals surface area contributed by atoms with Crippen LogP contribution < -0.4 is 16.4 Å². The fourth-order valence-electron chi connectivity index (χ4n) is 3.07. The minimum absolute atomic E-state index is 0.0668. The molecule has 2 amide bonds. The van der Waals surface area contributed by atoms with E-state index >= 15 is 0 Å². The van der Waals surface area contributed by atoms with E-state index in [9.17, 15) is 9.59 Å². The third-order valence-corrected chi connectivity index (χ3v) is 5.89. The Kier molecular flexibility index (Phi) is 7.06. The Hall–Kier alpha value is -2.38. The molecule has 0 atom stereocenters. The maximum Gasteiger partial charge on any atom is 0.273 e. The predicted molar refractivity (Wildman–Crippen MR) is 113 cm³/mol. The Labute approximate surface area is 173 Å². The van der Waals surface area contributed by atoms with Gasteiger partial charge in [-0.05, 0) is 55.3 Å². The number of hydrogen-bond acceptors (Lipinski definition) is 5. The first-order chi connectivity index (χ1) is 13.6. The van der Waals surface area contributed by atoms with Gasteiger partial charge < -0.3 is 16.4 Å². The summed E-state index contributed by atoms with van der Waals surface area (Å²) >= 11 is 7.02. The Balaban J connectivity index is 1.54. The number of hydrogen-bond donors (Lipinski definition) is 3. The summed E-state index contributed by atoms with van der Waals surface area (Å²) in [7, 11) is 0. The number of benzene rings is 1. The van der Waals surface area contributed by atoms with Gasteiger partial charge in [-0.25, -0.2) is 0 Å². The number of allylic oxidation sites excluding steroid dienone is 1. The second-order valence-corrected chi connectivity index (χ2v) is 7.84. The monoisotopic (exact) mass is 418 g/mol. The zero-order chi connectivity index (χ0) is 19.9. The van der Waals surface area contributed by atoms with Crippen molar-refractivity contribution in [2.45, 2.75) is 38.6 Å². The van der Waals surface area contributed by atoms with Gasteiger partial charge in [0.2, 0.25) is 0 Å². The van der Waals surface area contributed by atoms with Gasteiger partial charge in [0.1, 0.15) is 4.88 Å². The highest BCUT2D eigenvalue weighted by Crippen LogP contribution is 2.23. The van der Waals surface area contributed by atoms with Crippen molar-refractivity contribution >= 4 is 40.6 Å². The molecule has 0 bridgehead atoms. The third-order valence-electron chi connectivity index (χ3n) is 4.66. The standard InChI is InChI=1S/C20H23ClN4O2S/c21-15-9-5-4-8-14(15)12-24-19(26)17-16(22)18(28-25-17)20(27)23-11-10-13-6-2-1-3-7-13/h4-6,8-9H,1-3,7,10-12,22H2,(H,23,27)(H,24,26). The van der Waals surface area contributed by atoms with Crippen LogP contribution in [0.3, 0.4) is 0 Å². The van der Waals surface area contributed by atoms with Gasteiger partial charge in [-0.1, -0.05) is 41.4 Å². The average Bonchev–Trinajstić information content (AvgIpc) is 3.09. The van der Waals surface area contributed by atoms with E-state index in [1.165, 1.54) is 18.4 Å². The predicted octanol–water partition coefficient (Wildman–Crippen LogP) is 3.93. The van der Waals surface area contributed by atoms with Crippen LogP contribution in [0.15, 0.2) is 35.9 Å². The van der Waals surface area contributed by atoms with Gasteiger partial charge in [-0.2, -0.15) is 4.37 Å². The van der Waals surface area contributed by atoms with Gasteiger partial charge in [0, 0.05) is 18.1 Å². The summed E-state index contributed by atoms with van der Waals surface area (Å²) in [6.07, 6.45) is 7.79. The minimum atomic E-state index is -0.430. The number of nitrogen functional groups attached to an aromatic ring is 1. The zero-order valence-electron chi connectivity index (χ0n) is 15.5. The van der Waals surface area contributed by atoms with Crippen molar-refractivity contribution in [3.8, 4) is 0 Å². The lowest BCUT2D eigenvalue weighted by molar-refractivity contribution is 0.0947. The van der Waals surface area contributed by atoms with Gasteiger partial charge in [0.25, 0.3) is 11.8 Å².